The van der Waals surface area contributed by atoms with Crippen molar-refractivity contribution in [1.29, 1.82) is 0 Å². The smallest absolute Gasteiger partial charge is 0.231 e. The molecule has 6 heteroatoms. The van der Waals surface area contributed by atoms with E-state index in [0.29, 0.717) is 12.0 Å². The van der Waals surface area contributed by atoms with E-state index in [1.165, 1.54) is 32.1 Å². The number of rotatable bonds is 3. The second kappa shape index (κ2) is 5.49. The summed E-state index contributed by atoms with van der Waals surface area (Å²) >= 11 is 6.01. The Kier molecular flexibility index (Phi) is 3.73. The highest BCUT2D eigenvalue weighted by Gasteiger charge is 2.37. The van der Waals surface area contributed by atoms with E-state index in [1.54, 1.807) is 0 Å². The first-order chi connectivity index (χ1) is 9.28. The largest absolute Gasteiger partial charge is 0.354 e. The molecule has 2 unspecified atom stereocenters. The van der Waals surface area contributed by atoms with Gasteiger partial charge in [-0.1, -0.05) is 12.8 Å². The van der Waals surface area contributed by atoms with Gasteiger partial charge in [0.15, 0.2) is 0 Å². The highest BCUT2D eigenvalue weighted by atomic mass is 35.5. The molecule has 2 atom stereocenters. The van der Waals surface area contributed by atoms with Crippen LogP contribution in [0.1, 0.15) is 39.0 Å². The van der Waals surface area contributed by atoms with Crippen molar-refractivity contribution in [3.8, 4) is 0 Å². The Balaban J connectivity index is 1.85. The first kappa shape index (κ1) is 12.9. The molecule has 3 rings (SSSR count). The molecule has 1 aliphatic carbocycles. The third-order valence-corrected chi connectivity index (χ3v) is 4.37. The molecule has 0 aromatic carbocycles. The van der Waals surface area contributed by atoms with Crippen LogP contribution >= 0.6 is 11.6 Å². The van der Waals surface area contributed by atoms with Crippen molar-refractivity contribution in [2.45, 2.75) is 45.1 Å². The Hall–Kier alpha value is -1.10. The third-order valence-electron chi connectivity index (χ3n) is 4.20. The zero-order valence-electron chi connectivity index (χ0n) is 11.3. The molecule has 2 heterocycles. The molecular formula is C13H20ClN5. The number of halogens is 1. The van der Waals surface area contributed by atoms with E-state index in [2.05, 4.69) is 25.2 Å². The normalized spacial score (nSPS) is 26.3. The quantitative estimate of drug-likeness (QED) is 0.923. The number of nitrogens with zero attached hydrogens (tertiary/aromatic N) is 4. The minimum Gasteiger partial charge on any atom is -0.354 e. The van der Waals surface area contributed by atoms with Crippen LogP contribution in [0.4, 0.5) is 11.9 Å². The Morgan fingerprint density at radius 3 is 2.89 bits per heavy atom. The Bertz CT molecular complexity index is 453. The minimum absolute atomic E-state index is 0.278. The van der Waals surface area contributed by atoms with Crippen molar-refractivity contribution < 1.29 is 0 Å². The van der Waals surface area contributed by atoms with Gasteiger partial charge < -0.3 is 10.2 Å². The fourth-order valence-electron chi connectivity index (χ4n) is 3.36. The fraction of sp³-hybridized carbons (Fsp3) is 0.769. The molecule has 1 aliphatic heterocycles. The summed E-state index contributed by atoms with van der Waals surface area (Å²) in [7, 11) is 0. The van der Waals surface area contributed by atoms with Crippen LogP contribution in [-0.2, 0) is 0 Å². The molecule has 0 radical (unpaired) electrons. The summed E-state index contributed by atoms with van der Waals surface area (Å²) < 4.78 is 0. The van der Waals surface area contributed by atoms with Crippen LogP contribution in [0.25, 0.3) is 0 Å². The summed E-state index contributed by atoms with van der Waals surface area (Å²) in [6, 6.07) is 0.599. The van der Waals surface area contributed by atoms with Gasteiger partial charge in [-0.3, -0.25) is 0 Å². The second-order valence-electron chi connectivity index (χ2n) is 5.35. The predicted octanol–water partition coefficient (Wildman–Crippen LogP) is 2.73. The van der Waals surface area contributed by atoms with Gasteiger partial charge >= 0.3 is 0 Å². The standard InChI is InChI=1S/C13H20ClN5/c1-2-15-12-16-11(14)17-13(18-12)19-8-7-9-5-3-4-6-10(9)19/h9-10H,2-8H2,1H3,(H,15,16,17,18). The van der Waals surface area contributed by atoms with Crippen molar-refractivity contribution in [2.75, 3.05) is 23.3 Å². The van der Waals surface area contributed by atoms with Crippen molar-refractivity contribution in [1.82, 2.24) is 15.0 Å². The van der Waals surface area contributed by atoms with Gasteiger partial charge in [0, 0.05) is 19.1 Å². The lowest BCUT2D eigenvalue weighted by Gasteiger charge is -2.31. The van der Waals surface area contributed by atoms with Gasteiger partial charge in [0.25, 0.3) is 0 Å². The lowest BCUT2D eigenvalue weighted by Crippen LogP contribution is -2.36. The molecule has 19 heavy (non-hydrogen) atoms. The van der Waals surface area contributed by atoms with E-state index in [9.17, 15) is 0 Å². The summed E-state index contributed by atoms with van der Waals surface area (Å²) in [4.78, 5) is 15.3. The minimum atomic E-state index is 0.278. The maximum atomic E-state index is 6.01. The van der Waals surface area contributed by atoms with Crippen LogP contribution in [0, 0.1) is 5.92 Å². The Morgan fingerprint density at radius 2 is 2.05 bits per heavy atom. The summed E-state index contributed by atoms with van der Waals surface area (Å²) in [5.41, 5.74) is 0. The topological polar surface area (TPSA) is 53.9 Å². The van der Waals surface area contributed by atoms with Crippen LogP contribution in [0.2, 0.25) is 5.28 Å². The molecule has 0 amide bonds. The average molecular weight is 282 g/mol. The number of hydrogen-bond acceptors (Lipinski definition) is 5. The van der Waals surface area contributed by atoms with Crippen LogP contribution in [0.3, 0.4) is 0 Å². The van der Waals surface area contributed by atoms with E-state index < -0.39 is 0 Å². The number of aromatic nitrogens is 3. The highest BCUT2D eigenvalue weighted by Crippen LogP contribution is 2.37. The van der Waals surface area contributed by atoms with Crippen molar-refractivity contribution in [3.63, 3.8) is 0 Å². The first-order valence-corrected chi connectivity index (χ1v) is 7.58. The molecular weight excluding hydrogens is 262 g/mol. The molecule has 5 nitrogen and oxygen atoms in total. The zero-order valence-corrected chi connectivity index (χ0v) is 12.0. The summed E-state index contributed by atoms with van der Waals surface area (Å²) in [6.45, 7) is 3.84. The van der Waals surface area contributed by atoms with E-state index in [1.807, 2.05) is 6.92 Å². The zero-order chi connectivity index (χ0) is 13.2. The third kappa shape index (κ3) is 2.61. The molecule has 1 aromatic heterocycles. The molecule has 2 aliphatic rings. The maximum absolute atomic E-state index is 6.01. The number of nitrogens with one attached hydrogen (secondary N) is 1. The van der Waals surface area contributed by atoms with Crippen molar-refractivity contribution in [3.05, 3.63) is 5.28 Å². The van der Waals surface area contributed by atoms with E-state index in [-0.39, 0.29) is 5.28 Å². The first-order valence-electron chi connectivity index (χ1n) is 7.20. The summed E-state index contributed by atoms with van der Waals surface area (Å²) in [6.07, 6.45) is 6.54. The summed E-state index contributed by atoms with van der Waals surface area (Å²) in [5.74, 6) is 2.13. The van der Waals surface area contributed by atoms with Crippen molar-refractivity contribution in [2.24, 2.45) is 5.92 Å². The van der Waals surface area contributed by atoms with Gasteiger partial charge in [-0.05, 0) is 43.7 Å². The van der Waals surface area contributed by atoms with Gasteiger partial charge in [-0.15, -0.1) is 0 Å². The monoisotopic (exact) mass is 281 g/mol. The SMILES string of the molecule is CCNc1nc(Cl)nc(N2CCC3CCCCC32)n1. The highest BCUT2D eigenvalue weighted by molar-refractivity contribution is 6.28. The molecule has 1 saturated heterocycles. The van der Waals surface area contributed by atoms with Gasteiger partial charge in [0.2, 0.25) is 17.2 Å². The van der Waals surface area contributed by atoms with E-state index in [4.69, 9.17) is 11.6 Å². The van der Waals surface area contributed by atoms with E-state index >= 15 is 0 Å². The lowest BCUT2D eigenvalue weighted by molar-refractivity contribution is 0.340. The van der Waals surface area contributed by atoms with Crippen LogP contribution < -0.4 is 10.2 Å². The Labute approximate surface area is 118 Å². The molecule has 1 N–H and O–H groups in total. The van der Waals surface area contributed by atoms with Gasteiger partial charge in [-0.2, -0.15) is 15.0 Å². The average Bonchev–Trinajstić information content (AvgIpc) is 2.82. The fourth-order valence-corrected chi connectivity index (χ4v) is 3.52. The molecule has 0 bridgehead atoms. The number of fused-ring (bicyclic) bond motifs is 1. The van der Waals surface area contributed by atoms with Gasteiger partial charge in [-0.25, -0.2) is 0 Å². The molecule has 2 fully saturated rings. The van der Waals surface area contributed by atoms with Gasteiger partial charge in [0.05, 0.1) is 0 Å². The van der Waals surface area contributed by atoms with Crippen LogP contribution in [-0.4, -0.2) is 34.1 Å². The molecule has 1 aromatic rings. The molecule has 0 spiro atoms. The van der Waals surface area contributed by atoms with Crippen molar-refractivity contribution >= 4 is 23.5 Å². The lowest BCUT2D eigenvalue weighted by atomic mass is 9.85. The Morgan fingerprint density at radius 1 is 1.21 bits per heavy atom. The molecule has 104 valence electrons. The maximum Gasteiger partial charge on any atom is 0.231 e. The number of hydrogen-bond donors (Lipinski definition) is 1. The van der Waals surface area contributed by atoms with Crippen LogP contribution in [0.15, 0.2) is 0 Å². The van der Waals surface area contributed by atoms with Gasteiger partial charge in [0.1, 0.15) is 0 Å². The molecule has 1 saturated carbocycles. The van der Waals surface area contributed by atoms with E-state index in [0.717, 1.165) is 25.0 Å². The number of anilines is 2. The summed E-state index contributed by atoms with van der Waals surface area (Å²) in [5, 5.41) is 3.39. The van der Waals surface area contributed by atoms with Crippen LogP contribution in [0.5, 0.6) is 0 Å². The predicted molar refractivity (Wildman–Crippen MR) is 76.7 cm³/mol. The second-order valence-corrected chi connectivity index (χ2v) is 5.69.